The Balaban J connectivity index is 1.61. The number of rotatable bonds is 5. The van der Waals surface area contributed by atoms with Gasteiger partial charge < -0.3 is 10.1 Å². The van der Waals surface area contributed by atoms with Gasteiger partial charge in [-0.1, -0.05) is 18.2 Å². The van der Waals surface area contributed by atoms with Gasteiger partial charge in [-0.2, -0.15) is 0 Å². The first-order chi connectivity index (χ1) is 10.3. The SMILES string of the molecule is COc1ccc(CNCc2nc3ccccc3s2)cc1Br. The Kier molecular flexibility index (Phi) is 4.53. The van der Waals surface area contributed by atoms with Crippen LogP contribution in [0, 0.1) is 0 Å². The molecule has 0 atom stereocenters. The smallest absolute Gasteiger partial charge is 0.133 e. The predicted octanol–water partition coefficient (Wildman–Crippen LogP) is 4.36. The van der Waals surface area contributed by atoms with E-state index >= 15 is 0 Å². The number of halogens is 1. The van der Waals surface area contributed by atoms with Crippen LogP contribution in [-0.2, 0) is 13.1 Å². The second kappa shape index (κ2) is 6.56. The zero-order chi connectivity index (χ0) is 14.7. The van der Waals surface area contributed by atoms with Crippen LogP contribution in [0.25, 0.3) is 10.2 Å². The standard InChI is InChI=1S/C16H15BrN2OS/c1-20-14-7-6-11(8-12(14)17)9-18-10-16-19-13-4-2-3-5-15(13)21-16/h2-8,18H,9-10H2,1H3. The van der Waals surface area contributed by atoms with Crippen molar-refractivity contribution in [3.8, 4) is 5.75 Å². The van der Waals surface area contributed by atoms with E-state index < -0.39 is 0 Å². The van der Waals surface area contributed by atoms with Crippen LogP contribution >= 0.6 is 27.3 Å². The van der Waals surface area contributed by atoms with Crippen LogP contribution in [0.5, 0.6) is 5.75 Å². The van der Waals surface area contributed by atoms with E-state index in [1.807, 2.05) is 18.2 Å². The summed E-state index contributed by atoms with van der Waals surface area (Å²) in [5.74, 6) is 0.852. The minimum Gasteiger partial charge on any atom is -0.496 e. The van der Waals surface area contributed by atoms with Crippen molar-refractivity contribution in [2.24, 2.45) is 0 Å². The monoisotopic (exact) mass is 362 g/mol. The van der Waals surface area contributed by atoms with Crippen LogP contribution in [0.2, 0.25) is 0 Å². The zero-order valence-corrected chi connectivity index (χ0v) is 14.0. The van der Waals surface area contributed by atoms with Crippen molar-refractivity contribution in [1.29, 1.82) is 0 Å². The minimum absolute atomic E-state index is 0.781. The van der Waals surface area contributed by atoms with Crippen molar-refractivity contribution < 1.29 is 4.74 Å². The molecule has 1 heterocycles. The average molecular weight is 363 g/mol. The van der Waals surface area contributed by atoms with Crippen LogP contribution in [0.15, 0.2) is 46.9 Å². The lowest BCUT2D eigenvalue weighted by atomic mass is 10.2. The lowest BCUT2D eigenvalue weighted by Gasteiger charge is -2.07. The molecule has 3 aromatic rings. The van der Waals surface area contributed by atoms with Gasteiger partial charge in [-0.3, -0.25) is 0 Å². The van der Waals surface area contributed by atoms with Crippen LogP contribution in [0.4, 0.5) is 0 Å². The number of nitrogens with one attached hydrogen (secondary N) is 1. The predicted molar refractivity (Wildman–Crippen MR) is 90.9 cm³/mol. The Labute approximate surface area is 136 Å². The number of thiazole rings is 1. The van der Waals surface area contributed by atoms with Gasteiger partial charge in [0, 0.05) is 13.1 Å². The molecule has 0 radical (unpaired) electrons. The molecule has 1 N–H and O–H groups in total. The molecule has 3 rings (SSSR count). The van der Waals surface area contributed by atoms with E-state index in [0.29, 0.717) is 0 Å². The van der Waals surface area contributed by atoms with Crippen molar-refractivity contribution in [3.05, 3.63) is 57.5 Å². The summed E-state index contributed by atoms with van der Waals surface area (Å²) in [6.45, 7) is 1.58. The molecule has 108 valence electrons. The number of nitrogens with zero attached hydrogens (tertiary/aromatic N) is 1. The first-order valence-electron chi connectivity index (χ1n) is 6.64. The number of benzene rings is 2. The van der Waals surface area contributed by atoms with E-state index in [2.05, 4.69) is 50.5 Å². The summed E-state index contributed by atoms with van der Waals surface area (Å²) in [5.41, 5.74) is 2.29. The maximum Gasteiger partial charge on any atom is 0.133 e. The molecule has 5 heteroatoms. The number of aromatic nitrogens is 1. The third-order valence-electron chi connectivity index (χ3n) is 3.16. The van der Waals surface area contributed by atoms with Gasteiger partial charge in [0.25, 0.3) is 0 Å². The van der Waals surface area contributed by atoms with Crippen molar-refractivity contribution in [1.82, 2.24) is 10.3 Å². The van der Waals surface area contributed by atoms with Gasteiger partial charge in [-0.25, -0.2) is 4.98 Å². The number of ether oxygens (including phenoxy) is 1. The minimum atomic E-state index is 0.781. The van der Waals surface area contributed by atoms with E-state index in [4.69, 9.17) is 4.74 Å². The molecule has 0 spiro atoms. The summed E-state index contributed by atoms with van der Waals surface area (Å²) in [4.78, 5) is 4.62. The van der Waals surface area contributed by atoms with Crippen molar-refractivity contribution in [2.75, 3.05) is 7.11 Å². The summed E-state index contributed by atoms with van der Waals surface area (Å²) in [5, 5.41) is 4.54. The van der Waals surface area contributed by atoms with E-state index in [9.17, 15) is 0 Å². The highest BCUT2D eigenvalue weighted by Gasteiger charge is 2.04. The summed E-state index contributed by atoms with van der Waals surface area (Å²) < 4.78 is 7.45. The Morgan fingerprint density at radius 3 is 2.81 bits per heavy atom. The summed E-state index contributed by atoms with van der Waals surface area (Å²) >= 11 is 5.24. The molecule has 21 heavy (non-hydrogen) atoms. The number of hydrogen-bond donors (Lipinski definition) is 1. The third kappa shape index (κ3) is 3.43. The third-order valence-corrected chi connectivity index (χ3v) is 4.82. The Bertz CT molecular complexity index is 724. The van der Waals surface area contributed by atoms with Crippen molar-refractivity contribution in [3.63, 3.8) is 0 Å². The first-order valence-corrected chi connectivity index (χ1v) is 8.25. The summed E-state index contributed by atoms with van der Waals surface area (Å²) in [6, 6.07) is 14.3. The van der Waals surface area contributed by atoms with E-state index in [1.54, 1.807) is 18.4 Å². The fraction of sp³-hybridized carbons (Fsp3) is 0.188. The normalized spacial score (nSPS) is 11.0. The molecule has 0 bridgehead atoms. The quantitative estimate of drug-likeness (QED) is 0.732. The van der Waals surface area contributed by atoms with Crippen molar-refractivity contribution >= 4 is 37.5 Å². The molecule has 0 fully saturated rings. The number of methoxy groups -OCH3 is 1. The Morgan fingerprint density at radius 2 is 2.05 bits per heavy atom. The Morgan fingerprint density at radius 1 is 1.19 bits per heavy atom. The van der Waals surface area contributed by atoms with Gasteiger partial charge in [-0.15, -0.1) is 11.3 Å². The maximum atomic E-state index is 5.23. The molecule has 3 nitrogen and oxygen atoms in total. The molecule has 1 aromatic heterocycles. The van der Waals surface area contributed by atoms with Crippen LogP contribution < -0.4 is 10.1 Å². The maximum absolute atomic E-state index is 5.23. The molecule has 0 amide bonds. The van der Waals surface area contributed by atoms with Gasteiger partial charge in [0.05, 0.1) is 21.8 Å². The van der Waals surface area contributed by atoms with E-state index in [0.717, 1.165) is 33.8 Å². The topological polar surface area (TPSA) is 34.1 Å². The molecule has 0 aliphatic heterocycles. The van der Waals surface area contributed by atoms with Crippen LogP contribution in [0.3, 0.4) is 0 Å². The van der Waals surface area contributed by atoms with Gasteiger partial charge in [0.2, 0.25) is 0 Å². The number of hydrogen-bond acceptors (Lipinski definition) is 4. The average Bonchev–Trinajstić information content (AvgIpc) is 2.90. The molecule has 0 saturated carbocycles. The lowest BCUT2D eigenvalue weighted by Crippen LogP contribution is -2.12. The van der Waals surface area contributed by atoms with E-state index in [1.165, 1.54) is 10.3 Å². The zero-order valence-electron chi connectivity index (χ0n) is 11.6. The fourth-order valence-electron chi connectivity index (χ4n) is 2.13. The molecule has 0 aliphatic rings. The van der Waals surface area contributed by atoms with Crippen LogP contribution in [0.1, 0.15) is 10.6 Å². The van der Waals surface area contributed by atoms with Crippen molar-refractivity contribution in [2.45, 2.75) is 13.1 Å². The van der Waals surface area contributed by atoms with Gasteiger partial charge in [-0.05, 0) is 45.8 Å². The molecular formula is C16H15BrN2OS. The highest BCUT2D eigenvalue weighted by Crippen LogP contribution is 2.25. The molecule has 0 saturated heterocycles. The second-order valence-corrected chi connectivity index (χ2v) is 6.62. The van der Waals surface area contributed by atoms with E-state index in [-0.39, 0.29) is 0 Å². The second-order valence-electron chi connectivity index (χ2n) is 4.65. The van der Waals surface area contributed by atoms with Crippen LogP contribution in [-0.4, -0.2) is 12.1 Å². The lowest BCUT2D eigenvalue weighted by molar-refractivity contribution is 0.412. The number of fused-ring (bicyclic) bond motifs is 1. The Hall–Kier alpha value is -1.43. The van der Waals surface area contributed by atoms with Gasteiger partial charge in [0.1, 0.15) is 10.8 Å². The molecule has 0 aliphatic carbocycles. The molecular weight excluding hydrogens is 348 g/mol. The highest BCUT2D eigenvalue weighted by atomic mass is 79.9. The summed E-state index contributed by atoms with van der Waals surface area (Å²) in [7, 11) is 1.67. The fourth-order valence-corrected chi connectivity index (χ4v) is 3.65. The van der Waals surface area contributed by atoms with Gasteiger partial charge in [0.15, 0.2) is 0 Å². The summed E-state index contributed by atoms with van der Waals surface area (Å²) in [6.07, 6.45) is 0. The molecule has 2 aromatic carbocycles. The largest absolute Gasteiger partial charge is 0.496 e. The first kappa shape index (κ1) is 14.5. The molecule has 0 unspecified atom stereocenters. The number of para-hydroxylation sites is 1. The van der Waals surface area contributed by atoms with Gasteiger partial charge >= 0.3 is 0 Å². The highest BCUT2D eigenvalue weighted by molar-refractivity contribution is 9.10.